The molecular formula is C12H14. The van der Waals surface area contributed by atoms with E-state index in [1.165, 1.54) is 22.3 Å². The molecule has 0 aromatic carbocycles. The Morgan fingerprint density at radius 2 is 1.67 bits per heavy atom. The lowest BCUT2D eigenvalue weighted by atomic mass is 9.88. The standard InChI is InChI=1S/C12H14/c1-8-4-10(3)12-7-9(2)6-11(12)5-8/h4-7,12H,1-3H3. The molecule has 0 N–H and O–H groups in total. The average Bonchev–Trinajstić information content (AvgIpc) is 2.29. The van der Waals surface area contributed by atoms with E-state index in [-0.39, 0.29) is 0 Å². The fraction of sp³-hybridized carbons (Fsp3) is 0.333. The van der Waals surface area contributed by atoms with E-state index in [0.717, 1.165) is 0 Å². The number of allylic oxidation sites excluding steroid dienone is 8. The van der Waals surface area contributed by atoms with Crippen molar-refractivity contribution in [2.24, 2.45) is 5.92 Å². The number of hydrogen-bond acceptors (Lipinski definition) is 0. The van der Waals surface area contributed by atoms with Crippen LogP contribution in [0.25, 0.3) is 0 Å². The molecule has 0 spiro atoms. The number of hydrogen-bond donors (Lipinski definition) is 0. The highest BCUT2D eigenvalue weighted by atomic mass is 14.2. The maximum absolute atomic E-state index is 2.34. The summed E-state index contributed by atoms with van der Waals surface area (Å²) in [6.45, 7) is 6.54. The monoisotopic (exact) mass is 158 g/mol. The summed E-state index contributed by atoms with van der Waals surface area (Å²) in [5.74, 6) is 0.577. The summed E-state index contributed by atoms with van der Waals surface area (Å²) in [5.41, 5.74) is 5.70. The van der Waals surface area contributed by atoms with Crippen molar-refractivity contribution in [1.29, 1.82) is 0 Å². The van der Waals surface area contributed by atoms with Crippen molar-refractivity contribution in [3.8, 4) is 0 Å². The first-order valence-electron chi connectivity index (χ1n) is 4.43. The summed E-state index contributed by atoms with van der Waals surface area (Å²) in [7, 11) is 0. The molecule has 0 saturated heterocycles. The van der Waals surface area contributed by atoms with Gasteiger partial charge in [-0.2, -0.15) is 0 Å². The fourth-order valence-corrected chi connectivity index (χ4v) is 2.04. The molecule has 0 nitrogen and oxygen atoms in total. The van der Waals surface area contributed by atoms with Crippen LogP contribution in [-0.4, -0.2) is 0 Å². The summed E-state index contributed by atoms with van der Waals surface area (Å²) >= 11 is 0. The second-order valence-corrected chi connectivity index (χ2v) is 3.81. The van der Waals surface area contributed by atoms with Gasteiger partial charge < -0.3 is 0 Å². The van der Waals surface area contributed by atoms with Crippen LogP contribution in [0.4, 0.5) is 0 Å². The zero-order valence-corrected chi connectivity index (χ0v) is 7.89. The first-order chi connectivity index (χ1) is 5.66. The molecule has 0 aromatic heterocycles. The molecule has 0 bridgehead atoms. The Morgan fingerprint density at radius 1 is 0.917 bits per heavy atom. The van der Waals surface area contributed by atoms with Gasteiger partial charge in [0, 0.05) is 5.92 Å². The van der Waals surface area contributed by atoms with Gasteiger partial charge in [-0.25, -0.2) is 0 Å². The lowest BCUT2D eigenvalue weighted by Gasteiger charge is -2.17. The van der Waals surface area contributed by atoms with Crippen molar-refractivity contribution in [2.75, 3.05) is 0 Å². The van der Waals surface area contributed by atoms with Crippen LogP contribution >= 0.6 is 0 Å². The van der Waals surface area contributed by atoms with Crippen LogP contribution in [0.1, 0.15) is 20.8 Å². The molecule has 1 unspecified atom stereocenters. The summed E-state index contributed by atoms with van der Waals surface area (Å²) < 4.78 is 0. The Balaban J connectivity index is 2.46. The van der Waals surface area contributed by atoms with Crippen LogP contribution in [0.5, 0.6) is 0 Å². The Bertz CT molecular complexity index is 332. The van der Waals surface area contributed by atoms with Crippen molar-refractivity contribution < 1.29 is 0 Å². The molecule has 2 aliphatic carbocycles. The summed E-state index contributed by atoms with van der Waals surface area (Å²) in [6.07, 6.45) is 9.18. The Morgan fingerprint density at radius 3 is 2.42 bits per heavy atom. The van der Waals surface area contributed by atoms with Gasteiger partial charge >= 0.3 is 0 Å². The van der Waals surface area contributed by atoms with Crippen molar-refractivity contribution in [3.63, 3.8) is 0 Å². The zero-order chi connectivity index (χ0) is 8.72. The van der Waals surface area contributed by atoms with E-state index in [0.29, 0.717) is 5.92 Å². The van der Waals surface area contributed by atoms with Gasteiger partial charge in [0.2, 0.25) is 0 Å². The van der Waals surface area contributed by atoms with Crippen LogP contribution in [0, 0.1) is 5.92 Å². The third-order valence-corrected chi connectivity index (χ3v) is 2.52. The average molecular weight is 158 g/mol. The second-order valence-electron chi connectivity index (χ2n) is 3.81. The van der Waals surface area contributed by atoms with Crippen molar-refractivity contribution in [2.45, 2.75) is 20.8 Å². The van der Waals surface area contributed by atoms with Crippen LogP contribution in [-0.2, 0) is 0 Å². The Kier molecular flexibility index (Phi) is 1.57. The van der Waals surface area contributed by atoms with E-state index in [4.69, 9.17) is 0 Å². The number of fused-ring (bicyclic) bond motifs is 1. The normalized spacial score (nSPS) is 27.1. The first-order valence-corrected chi connectivity index (χ1v) is 4.43. The van der Waals surface area contributed by atoms with E-state index >= 15 is 0 Å². The lowest BCUT2D eigenvalue weighted by Crippen LogP contribution is -2.02. The predicted molar refractivity (Wildman–Crippen MR) is 52.8 cm³/mol. The third kappa shape index (κ3) is 1.08. The van der Waals surface area contributed by atoms with Gasteiger partial charge in [0.05, 0.1) is 0 Å². The van der Waals surface area contributed by atoms with Crippen LogP contribution in [0.3, 0.4) is 0 Å². The molecule has 0 fully saturated rings. The van der Waals surface area contributed by atoms with Crippen LogP contribution < -0.4 is 0 Å². The van der Waals surface area contributed by atoms with Crippen molar-refractivity contribution in [1.82, 2.24) is 0 Å². The SMILES string of the molecule is CC1=CC2=CC(C)=CC2C(C)=C1. The Labute approximate surface area is 74.0 Å². The molecule has 1 atom stereocenters. The molecule has 0 radical (unpaired) electrons. The predicted octanol–water partition coefficient (Wildman–Crippen LogP) is 3.40. The highest BCUT2D eigenvalue weighted by Gasteiger charge is 2.19. The molecule has 12 heavy (non-hydrogen) atoms. The lowest BCUT2D eigenvalue weighted by molar-refractivity contribution is 0.916. The molecule has 2 rings (SSSR count). The molecule has 0 heterocycles. The van der Waals surface area contributed by atoms with Gasteiger partial charge in [0.1, 0.15) is 0 Å². The fourth-order valence-electron chi connectivity index (χ4n) is 2.04. The van der Waals surface area contributed by atoms with E-state index in [9.17, 15) is 0 Å². The molecule has 0 heteroatoms. The highest BCUT2D eigenvalue weighted by molar-refractivity contribution is 5.51. The minimum atomic E-state index is 0.577. The molecule has 2 aliphatic rings. The molecule has 0 aliphatic heterocycles. The smallest absolute Gasteiger partial charge is 0.0234 e. The minimum Gasteiger partial charge on any atom is -0.0700 e. The van der Waals surface area contributed by atoms with Gasteiger partial charge in [0.25, 0.3) is 0 Å². The number of rotatable bonds is 0. The molecule has 0 saturated carbocycles. The molecule has 62 valence electrons. The first kappa shape index (κ1) is 7.60. The van der Waals surface area contributed by atoms with Crippen LogP contribution in [0.15, 0.2) is 46.6 Å². The maximum atomic E-state index is 2.34. The Hall–Kier alpha value is -1.04. The largest absolute Gasteiger partial charge is 0.0700 e. The minimum absolute atomic E-state index is 0.577. The van der Waals surface area contributed by atoms with Crippen LogP contribution in [0.2, 0.25) is 0 Å². The summed E-state index contributed by atoms with van der Waals surface area (Å²) in [6, 6.07) is 0. The van der Waals surface area contributed by atoms with Gasteiger partial charge in [-0.1, -0.05) is 41.0 Å². The summed E-state index contributed by atoms with van der Waals surface area (Å²) in [4.78, 5) is 0. The molecule has 0 aromatic rings. The topological polar surface area (TPSA) is 0 Å². The molecule has 0 amide bonds. The van der Waals surface area contributed by atoms with E-state index < -0.39 is 0 Å². The quantitative estimate of drug-likeness (QED) is 0.507. The zero-order valence-electron chi connectivity index (χ0n) is 7.89. The van der Waals surface area contributed by atoms with Gasteiger partial charge in [-0.15, -0.1) is 0 Å². The second kappa shape index (κ2) is 2.48. The summed E-state index contributed by atoms with van der Waals surface area (Å²) in [5, 5.41) is 0. The van der Waals surface area contributed by atoms with Crippen molar-refractivity contribution in [3.05, 3.63) is 46.6 Å². The van der Waals surface area contributed by atoms with E-state index in [1.807, 2.05) is 0 Å². The highest BCUT2D eigenvalue weighted by Crippen LogP contribution is 2.35. The van der Waals surface area contributed by atoms with E-state index in [1.54, 1.807) is 0 Å². The van der Waals surface area contributed by atoms with E-state index in [2.05, 4.69) is 45.1 Å². The third-order valence-electron chi connectivity index (χ3n) is 2.52. The maximum Gasteiger partial charge on any atom is 0.0234 e. The van der Waals surface area contributed by atoms with Gasteiger partial charge in [-0.3, -0.25) is 0 Å². The van der Waals surface area contributed by atoms with Crippen molar-refractivity contribution >= 4 is 0 Å². The van der Waals surface area contributed by atoms with Gasteiger partial charge in [0.15, 0.2) is 0 Å². The molecular weight excluding hydrogens is 144 g/mol. The van der Waals surface area contributed by atoms with Gasteiger partial charge in [-0.05, 0) is 26.3 Å².